The first kappa shape index (κ1) is 11.5. The van der Waals surface area contributed by atoms with E-state index in [-0.39, 0.29) is 5.60 Å². The zero-order valence-electron chi connectivity index (χ0n) is 10.2. The van der Waals surface area contributed by atoms with Crippen molar-refractivity contribution in [2.75, 3.05) is 13.2 Å². The Morgan fingerprint density at radius 3 is 2.56 bits per heavy atom. The van der Waals surface area contributed by atoms with Crippen LogP contribution < -0.4 is 4.74 Å². The molecule has 1 atom stereocenters. The lowest BCUT2D eigenvalue weighted by atomic mass is 10.1. The van der Waals surface area contributed by atoms with Gasteiger partial charge in [0.15, 0.2) is 0 Å². The first-order chi connectivity index (χ1) is 7.72. The van der Waals surface area contributed by atoms with E-state index in [1.807, 2.05) is 0 Å². The summed E-state index contributed by atoms with van der Waals surface area (Å²) >= 11 is 0. The van der Waals surface area contributed by atoms with Crippen LogP contribution in [-0.2, 0) is 11.2 Å². The molecule has 0 spiro atoms. The Kier molecular flexibility index (Phi) is 3.49. The van der Waals surface area contributed by atoms with Crippen molar-refractivity contribution >= 4 is 0 Å². The summed E-state index contributed by atoms with van der Waals surface area (Å²) in [5.74, 6) is 0.942. The van der Waals surface area contributed by atoms with Gasteiger partial charge in [0.25, 0.3) is 0 Å². The molecule has 0 aromatic heterocycles. The maximum atomic E-state index is 5.67. The van der Waals surface area contributed by atoms with Gasteiger partial charge in [-0.2, -0.15) is 0 Å². The summed E-state index contributed by atoms with van der Waals surface area (Å²) in [6, 6.07) is 8.41. The Bertz CT molecular complexity index is 325. The van der Waals surface area contributed by atoms with E-state index in [1.165, 1.54) is 18.4 Å². The average molecular weight is 220 g/mol. The van der Waals surface area contributed by atoms with Gasteiger partial charge >= 0.3 is 0 Å². The molecule has 0 aliphatic carbocycles. The van der Waals surface area contributed by atoms with Gasteiger partial charge in [-0.3, -0.25) is 0 Å². The van der Waals surface area contributed by atoms with Crippen LogP contribution in [0.25, 0.3) is 0 Å². The third kappa shape index (κ3) is 3.24. The Hall–Kier alpha value is -1.02. The number of hydrogen-bond acceptors (Lipinski definition) is 2. The summed E-state index contributed by atoms with van der Waals surface area (Å²) in [5, 5.41) is 0. The molecule has 2 heteroatoms. The van der Waals surface area contributed by atoms with Crippen molar-refractivity contribution in [3.63, 3.8) is 0 Å². The number of aryl methyl sites for hydroxylation is 1. The lowest BCUT2D eigenvalue weighted by molar-refractivity contribution is 0.202. The summed E-state index contributed by atoms with van der Waals surface area (Å²) in [5.41, 5.74) is 1.36. The molecule has 1 fully saturated rings. The fraction of sp³-hybridized carbons (Fsp3) is 0.571. The predicted molar refractivity (Wildman–Crippen MR) is 64.9 cm³/mol. The maximum absolute atomic E-state index is 5.67. The largest absolute Gasteiger partial charge is 0.491 e. The van der Waals surface area contributed by atoms with Gasteiger partial charge in [-0.1, -0.05) is 25.5 Å². The number of benzene rings is 1. The van der Waals surface area contributed by atoms with Crippen LogP contribution in [0.1, 0.15) is 32.3 Å². The molecule has 0 N–H and O–H groups in total. The molecule has 0 amide bonds. The molecular formula is C14H20O2. The third-order valence-electron chi connectivity index (χ3n) is 2.92. The molecule has 1 aliphatic rings. The van der Waals surface area contributed by atoms with E-state index in [4.69, 9.17) is 9.47 Å². The standard InChI is InChI=1S/C14H20O2/c1-3-4-5-12-6-8-13(9-7-12)15-10-14(2)11-16-14/h6-9H,3-5,10-11H2,1-2H3. The number of ether oxygens (including phenoxy) is 2. The molecule has 0 radical (unpaired) electrons. The van der Waals surface area contributed by atoms with Gasteiger partial charge in [-0.25, -0.2) is 0 Å². The molecular weight excluding hydrogens is 200 g/mol. The molecule has 1 unspecified atom stereocenters. The van der Waals surface area contributed by atoms with E-state index >= 15 is 0 Å². The van der Waals surface area contributed by atoms with Crippen LogP contribution in [0.2, 0.25) is 0 Å². The third-order valence-corrected chi connectivity index (χ3v) is 2.92. The Labute approximate surface area is 97.6 Å². The van der Waals surface area contributed by atoms with Crippen LogP contribution in [0.3, 0.4) is 0 Å². The number of unbranched alkanes of at least 4 members (excludes halogenated alkanes) is 1. The second-order valence-corrected chi connectivity index (χ2v) is 4.77. The second kappa shape index (κ2) is 4.88. The van der Waals surface area contributed by atoms with E-state index < -0.39 is 0 Å². The van der Waals surface area contributed by atoms with E-state index in [9.17, 15) is 0 Å². The molecule has 1 aromatic rings. The molecule has 88 valence electrons. The van der Waals surface area contributed by atoms with Crippen molar-refractivity contribution in [2.24, 2.45) is 0 Å². The normalized spacial score (nSPS) is 23.1. The Morgan fingerprint density at radius 1 is 1.31 bits per heavy atom. The van der Waals surface area contributed by atoms with Gasteiger partial charge in [0.1, 0.15) is 18.0 Å². The molecule has 2 nitrogen and oxygen atoms in total. The molecule has 0 bridgehead atoms. The fourth-order valence-electron chi connectivity index (χ4n) is 1.58. The van der Waals surface area contributed by atoms with Crippen LogP contribution in [0.4, 0.5) is 0 Å². The van der Waals surface area contributed by atoms with Crippen LogP contribution in [0, 0.1) is 0 Å². The van der Waals surface area contributed by atoms with Crippen molar-refractivity contribution in [2.45, 2.75) is 38.7 Å². The Morgan fingerprint density at radius 2 is 2.00 bits per heavy atom. The van der Waals surface area contributed by atoms with Crippen LogP contribution in [0.5, 0.6) is 5.75 Å². The van der Waals surface area contributed by atoms with Crippen LogP contribution >= 0.6 is 0 Å². The summed E-state index contributed by atoms with van der Waals surface area (Å²) in [4.78, 5) is 0. The smallest absolute Gasteiger partial charge is 0.123 e. The fourth-order valence-corrected chi connectivity index (χ4v) is 1.58. The van der Waals surface area contributed by atoms with Gasteiger partial charge in [-0.05, 0) is 37.5 Å². The van der Waals surface area contributed by atoms with Gasteiger partial charge in [0.05, 0.1) is 6.61 Å². The average Bonchev–Trinajstić information content (AvgIpc) is 3.04. The van der Waals surface area contributed by atoms with E-state index in [1.54, 1.807) is 0 Å². The number of hydrogen-bond donors (Lipinski definition) is 0. The topological polar surface area (TPSA) is 21.8 Å². The predicted octanol–water partition coefficient (Wildman–Crippen LogP) is 3.20. The summed E-state index contributed by atoms with van der Waals surface area (Å²) in [6.45, 7) is 5.76. The second-order valence-electron chi connectivity index (χ2n) is 4.77. The monoisotopic (exact) mass is 220 g/mol. The molecule has 0 saturated carbocycles. The lowest BCUT2D eigenvalue weighted by Crippen LogP contribution is -2.16. The van der Waals surface area contributed by atoms with Crippen LogP contribution in [-0.4, -0.2) is 18.8 Å². The highest BCUT2D eigenvalue weighted by Gasteiger charge is 2.40. The van der Waals surface area contributed by atoms with Crippen molar-refractivity contribution in [1.29, 1.82) is 0 Å². The minimum Gasteiger partial charge on any atom is -0.491 e. The van der Waals surface area contributed by atoms with Gasteiger partial charge < -0.3 is 9.47 Å². The van der Waals surface area contributed by atoms with Crippen molar-refractivity contribution < 1.29 is 9.47 Å². The minimum atomic E-state index is -0.0269. The van der Waals surface area contributed by atoms with Gasteiger partial charge in [0, 0.05) is 0 Å². The molecule has 1 heterocycles. The first-order valence-electron chi connectivity index (χ1n) is 6.07. The highest BCUT2D eigenvalue weighted by atomic mass is 16.6. The molecule has 1 saturated heterocycles. The Balaban J connectivity index is 1.81. The minimum absolute atomic E-state index is 0.0269. The molecule has 2 rings (SSSR count). The molecule has 16 heavy (non-hydrogen) atoms. The van der Waals surface area contributed by atoms with Crippen LogP contribution in [0.15, 0.2) is 24.3 Å². The van der Waals surface area contributed by atoms with E-state index in [0.717, 1.165) is 18.8 Å². The zero-order chi connectivity index (χ0) is 11.4. The van der Waals surface area contributed by atoms with Crippen molar-refractivity contribution in [3.05, 3.63) is 29.8 Å². The first-order valence-corrected chi connectivity index (χ1v) is 6.07. The van der Waals surface area contributed by atoms with Gasteiger partial charge in [-0.15, -0.1) is 0 Å². The molecule has 1 aliphatic heterocycles. The number of epoxide rings is 1. The summed E-state index contributed by atoms with van der Waals surface area (Å²) in [6.07, 6.45) is 3.66. The highest BCUT2D eigenvalue weighted by molar-refractivity contribution is 5.27. The summed E-state index contributed by atoms with van der Waals surface area (Å²) < 4.78 is 10.9. The van der Waals surface area contributed by atoms with E-state index in [0.29, 0.717) is 6.61 Å². The van der Waals surface area contributed by atoms with Crippen molar-refractivity contribution in [3.8, 4) is 5.75 Å². The SMILES string of the molecule is CCCCc1ccc(OCC2(C)CO2)cc1. The maximum Gasteiger partial charge on any atom is 0.123 e. The number of rotatable bonds is 6. The molecule has 1 aromatic carbocycles. The van der Waals surface area contributed by atoms with E-state index in [2.05, 4.69) is 38.1 Å². The quantitative estimate of drug-likeness (QED) is 0.687. The highest BCUT2D eigenvalue weighted by Crippen LogP contribution is 2.27. The van der Waals surface area contributed by atoms with Gasteiger partial charge in [0.2, 0.25) is 0 Å². The lowest BCUT2D eigenvalue weighted by Gasteiger charge is -2.09. The summed E-state index contributed by atoms with van der Waals surface area (Å²) in [7, 11) is 0. The zero-order valence-corrected chi connectivity index (χ0v) is 10.2. The van der Waals surface area contributed by atoms with Crippen molar-refractivity contribution in [1.82, 2.24) is 0 Å².